The Bertz CT molecular complexity index is 1340. The number of hydrogen-bond donors (Lipinski definition) is 1. The molecule has 0 atom stereocenters. The van der Waals surface area contributed by atoms with Crippen molar-refractivity contribution in [1.82, 2.24) is 14.9 Å². The monoisotopic (exact) mass is 491 g/mol. The number of thiophene rings is 1. The summed E-state index contributed by atoms with van der Waals surface area (Å²) in [6.45, 7) is 0.354. The van der Waals surface area contributed by atoms with Gasteiger partial charge in [0.05, 0.1) is 17.8 Å². The molecule has 0 bridgehead atoms. The standard InChI is InChI=1S/C22H16ClF2N3O2S2/c23-17-9-16(25)6-3-14(17)10-26-19(29)12-32-22-27-18-7-8-31-20(18)21(30)28(22)11-13-1-4-15(24)5-2-13/h1-9H,10-12H2,(H,26,29). The summed E-state index contributed by atoms with van der Waals surface area (Å²) in [5.41, 5.74) is 1.69. The average molecular weight is 492 g/mol. The van der Waals surface area contributed by atoms with Crippen LogP contribution in [0.15, 0.2) is 63.9 Å². The van der Waals surface area contributed by atoms with E-state index in [0.29, 0.717) is 20.9 Å². The Morgan fingerprint density at radius 3 is 2.62 bits per heavy atom. The van der Waals surface area contributed by atoms with Gasteiger partial charge in [-0.2, -0.15) is 0 Å². The van der Waals surface area contributed by atoms with Gasteiger partial charge in [0.2, 0.25) is 5.91 Å². The van der Waals surface area contributed by atoms with Crippen molar-refractivity contribution >= 4 is 50.8 Å². The van der Waals surface area contributed by atoms with Gasteiger partial charge in [0.25, 0.3) is 5.56 Å². The van der Waals surface area contributed by atoms with E-state index in [4.69, 9.17) is 11.6 Å². The van der Waals surface area contributed by atoms with Gasteiger partial charge in [0, 0.05) is 11.6 Å². The molecule has 0 spiro atoms. The lowest BCUT2D eigenvalue weighted by Gasteiger charge is -2.12. The van der Waals surface area contributed by atoms with Crippen LogP contribution in [0.2, 0.25) is 5.02 Å². The lowest BCUT2D eigenvalue weighted by atomic mass is 10.2. The molecule has 0 aliphatic rings. The Kier molecular flexibility index (Phi) is 6.88. The zero-order chi connectivity index (χ0) is 22.7. The van der Waals surface area contributed by atoms with Gasteiger partial charge < -0.3 is 5.32 Å². The number of nitrogens with one attached hydrogen (secondary N) is 1. The summed E-state index contributed by atoms with van der Waals surface area (Å²) in [5, 5.41) is 5.14. The van der Waals surface area contributed by atoms with Crippen molar-refractivity contribution in [2.75, 3.05) is 5.75 Å². The van der Waals surface area contributed by atoms with Crippen molar-refractivity contribution in [3.63, 3.8) is 0 Å². The van der Waals surface area contributed by atoms with Crippen LogP contribution in [-0.2, 0) is 17.9 Å². The summed E-state index contributed by atoms with van der Waals surface area (Å²) >= 11 is 8.42. The first-order valence-corrected chi connectivity index (χ1v) is 11.7. The van der Waals surface area contributed by atoms with E-state index in [1.807, 2.05) is 0 Å². The highest BCUT2D eigenvalue weighted by Crippen LogP contribution is 2.22. The molecule has 4 rings (SSSR count). The molecule has 5 nitrogen and oxygen atoms in total. The van der Waals surface area contributed by atoms with Crippen LogP contribution < -0.4 is 10.9 Å². The molecule has 2 aromatic carbocycles. The highest BCUT2D eigenvalue weighted by atomic mass is 35.5. The Morgan fingerprint density at radius 1 is 1.12 bits per heavy atom. The minimum absolute atomic E-state index is 0.0182. The normalized spacial score (nSPS) is 11.1. The van der Waals surface area contributed by atoms with E-state index in [0.717, 1.165) is 17.3 Å². The third-order valence-electron chi connectivity index (χ3n) is 4.61. The van der Waals surface area contributed by atoms with Gasteiger partial charge in [0.1, 0.15) is 16.3 Å². The number of benzene rings is 2. The first-order valence-electron chi connectivity index (χ1n) is 9.46. The second kappa shape index (κ2) is 9.81. The summed E-state index contributed by atoms with van der Waals surface area (Å²) in [6.07, 6.45) is 0. The second-order valence-electron chi connectivity index (χ2n) is 6.85. The Labute approximate surface area is 195 Å². The molecule has 0 aliphatic heterocycles. The van der Waals surface area contributed by atoms with Gasteiger partial charge in [-0.15, -0.1) is 11.3 Å². The number of aromatic nitrogens is 2. The van der Waals surface area contributed by atoms with Gasteiger partial charge in [-0.1, -0.05) is 41.6 Å². The van der Waals surface area contributed by atoms with E-state index in [2.05, 4.69) is 10.3 Å². The lowest BCUT2D eigenvalue weighted by molar-refractivity contribution is -0.118. The van der Waals surface area contributed by atoms with Crippen molar-refractivity contribution in [2.24, 2.45) is 0 Å². The number of carbonyl (C=O) groups excluding carboxylic acids is 1. The maximum absolute atomic E-state index is 13.2. The molecule has 0 aliphatic carbocycles. The molecule has 0 saturated heterocycles. The van der Waals surface area contributed by atoms with E-state index in [-0.39, 0.29) is 41.1 Å². The molecular weight excluding hydrogens is 476 g/mol. The van der Waals surface area contributed by atoms with Crippen LogP contribution in [0.4, 0.5) is 8.78 Å². The largest absolute Gasteiger partial charge is 0.351 e. The molecule has 0 radical (unpaired) electrons. The summed E-state index contributed by atoms with van der Waals surface area (Å²) in [6, 6.07) is 11.6. The number of halogens is 3. The van der Waals surface area contributed by atoms with Gasteiger partial charge in [-0.25, -0.2) is 13.8 Å². The number of hydrogen-bond acceptors (Lipinski definition) is 5. The van der Waals surface area contributed by atoms with Crippen molar-refractivity contribution < 1.29 is 13.6 Å². The summed E-state index contributed by atoms with van der Waals surface area (Å²) in [4.78, 5) is 29.9. The molecule has 4 aromatic rings. The SMILES string of the molecule is O=C(CSc1nc2ccsc2c(=O)n1Cc1ccc(F)cc1)NCc1ccc(F)cc1Cl. The van der Waals surface area contributed by atoms with Gasteiger partial charge in [-0.3, -0.25) is 14.2 Å². The molecule has 2 heterocycles. The summed E-state index contributed by atoms with van der Waals surface area (Å²) < 4.78 is 28.4. The molecule has 1 N–H and O–H groups in total. The number of rotatable bonds is 7. The summed E-state index contributed by atoms with van der Waals surface area (Å²) in [5.74, 6) is -1.08. The first-order chi connectivity index (χ1) is 15.4. The molecule has 32 heavy (non-hydrogen) atoms. The Morgan fingerprint density at radius 2 is 1.88 bits per heavy atom. The predicted octanol–water partition coefficient (Wildman–Crippen LogP) is 4.85. The second-order valence-corrected chi connectivity index (χ2v) is 9.11. The van der Waals surface area contributed by atoms with Gasteiger partial charge >= 0.3 is 0 Å². The maximum atomic E-state index is 13.2. The van der Waals surface area contributed by atoms with Crippen molar-refractivity contribution in [3.05, 3.63) is 92.0 Å². The molecule has 2 aromatic heterocycles. The van der Waals surface area contributed by atoms with Crippen molar-refractivity contribution in [2.45, 2.75) is 18.2 Å². The Balaban J connectivity index is 1.50. The molecule has 164 valence electrons. The average Bonchev–Trinajstić information content (AvgIpc) is 3.24. The smallest absolute Gasteiger partial charge is 0.272 e. The molecule has 1 amide bonds. The fourth-order valence-electron chi connectivity index (χ4n) is 2.99. The highest BCUT2D eigenvalue weighted by molar-refractivity contribution is 7.99. The number of nitrogens with zero attached hydrogens (tertiary/aromatic N) is 2. The quantitative estimate of drug-likeness (QED) is 0.296. The summed E-state index contributed by atoms with van der Waals surface area (Å²) in [7, 11) is 0. The first kappa shape index (κ1) is 22.4. The van der Waals surface area contributed by atoms with Crippen molar-refractivity contribution in [1.29, 1.82) is 0 Å². The minimum Gasteiger partial charge on any atom is -0.351 e. The topological polar surface area (TPSA) is 64.0 Å². The van der Waals surface area contributed by atoms with Crippen LogP contribution in [-0.4, -0.2) is 21.2 Å². The van der Waals surface area contributed by atoms with Gasteiger partial charge in [0.15, 0.2) is 5.16 Å². The zero-order valence-corrected chi connectivity index (χ0v) is 18.9. The van der Waals surface area contributed by atoms with E-state index >= 15 is 0 Å². The molecule has 0 fully saturated rings. The van der Waals surface area contributed by atoms with Crippen LogP contribution in [0.3, 0.4) is 0 Å². The number of thioether (sulfide) groups is 1. The molecule has 0 saturated carbocycles. The highest BCUT2D eigenvalue weighted by Gasteiger charge is 2.15. The molecule has 0 unspecified atom stereocenters. The number of fused-ring (bicyclic) bond motifs is 1. The van der Waals surface area contributed by atoms with E-state index in [9.17, 15) is 18.4 Å². The van der Waals surface area contributed by atoms with E-state index in [1.165, 1.54) is 46.2 Å². The fraction of sp³-hybridized carbons (Fsp3) is 0.136. The number of carbonyl (C=O) groups is 1. The van der Waals surface area contributed by atoms with E-state index < -0.39 is 5.82 Å². The van der Waals surface area contributed by atoms with Crippen LogP contribution in [0.5, 0.6) is 0 Å². The van der Waals surface area contributed by atoms with Crippen LogP contribution in [0, 0.1) is 11.6 Å². The third-order valence-corrected chi connectivity index (χ3v) is 6.83. The number of amides is 1. The predicted molar refractivity (Wildman–Crippen MR) is 123 cm³/mol. The zero-order valence-electron chi connectivity index (χ0n) is 16.5. The van der Waals surface area contributed by atoms with Crippen LogP contribution >= 0.6 is 34.7 Å². The van der Waals surface area contributed by atoms with Crippen LogP contribution in [0.1, 0.15) is 11.1 Å². The Hall–Kier alpha value is -2.75. The molecule has 10 heteroatoms. The minimum atomic E-state index is -0.449. The third kappa shape index (κ3) is 5.17. The molecular formula is C22H16ClF2N3O2S2. The lowest BCUT2D eigenvalue weighted by Crippen LogP contribution is -2.27. The maximum Gasteiger partial charge on any atom is 0.272 e. The fourth-order valence-corrected chi connectivity index (χ4v) is 4.83. The van der Waals surface area contributed by atoms with Gasteiger partial charge in [-0.05, 0) is 46.8 Å². The van der Waals surface area contributed by atoms with Crippen LogP contribution in [0.25, 0.3) is 10.2 Å². The van der Waals surface area contributed by atoms with E-state index in [1.54, 1.807) is 23.6 Å². The van der Waals surface area contributed by atoms with Crippen molar-refractivity contribution in [3.8, 4) is 0 Å².